The highest BCUT2D eigenvalue weighted by Gasteiger charge is 2.58. The first-order chi connectivity index (χ1) is 15.9. The number of aliphatic hydroxyl groups excluding tert-OH is 2. The zero-order valence-electron chi connectivity index (χ0n) is 17.4. The molecule has 0 saturated carbocycles. The molecule has 0 amide bonds. The van der Waals surface area contributed by atoms with Crippen molar-refractivity contribution in [2.24, 2.45) is 0 Å². The fourth-order valence-electron chi connectivity index (χ4n) is 4.99. The Morgan fingerprint density at radius 1 is 1.15 bits per heavy atom. The van der Waals surface area contributed by atoms with Gasteiger partial charge in [-0.05, 0) is 46.1 Å². The normalized spacial score (nSPS) is 29.5. The van der Waals surface area contributed by atoms with Crippen molar-refractivity contribution in [3.63, 3.8) is 0 Å². The summed E-state index contributed by atoms with van der Waals surface area (Å²) in [5, 5.41) is 27.0. The number of aromatic nitrogens is 4. The zero-order chi connectivity index (χ0) is 22.9. The van der Waals surface area contributed by atoms with Crippen LogP contribution in [0.4, 0.5) is 11.6 Å². The van der Waals surface area contributed by atoms with E-state index in [1.54, 1.807) is 16.8 Å². The number of anilines is 2. The van der Waals surface area contributed by atoms with Crippen molar-refractivity contribution in [3.8, 4) is 0 Å². The van der Waals surface area contributed by atoms with Crippen LogP contribution in [-0.4, -0.2) is 54.1 Å². The monoisotopic (exact) mass is 511 g/mol. The number of halogens is 1. The van der Waals surface area contributed by atoms with Crippen LogP contribution in [0, 0.1) is 0 Å². The number of rotatable bonds is 2. The van der Waals surface area contributed by atoms with Gasteiger partial charge >= 0.3 is 0 Å². The van der Waals surface area contributed by atoms with Gasteiger partial charge in [-0.3, -0.25) is 0 Å². The fraction of sp³-hybridized carbons (Fsp3) is 0.318. The summed E-state index contributed by atoms with van der Waals surface area (Å²) in [6.45, 7) is 0.386. The third kappa shape index (κ3) is 3.11. The maximum Gasteiger partial charge on any atom is 0.164 e. The fourth-order valence-corrected chi connectivity index (χ4v) is 5.33. The standard InChI is InChI=1S/C22H22BrN7O3/c23-13-5-10-1-2-11(6-14(10)29-19(13)25)15-7-22(8-26-15)17(32)16(31)21(33-22)30-4-3-12-18(24)27-9-28-20(12)30/h1-6,9,15-17,21,26,31-32H,7-8H2,(H2,25,29)(H2,24,27,28)/t15-,16+,17-,21+,22-/m0/s1. The summed E-state index contributed by atoms with van der Waals surface area (Å²) in [5.41, 5.74) is 13.3. The lowest BCUT2D eigenvalue weighted by Crippen LogP contribution is -2.44. The van der Waals surface area contributed by atoms with Gasteiger partial charge < -0.3 is 36.3 Å². The second kappa shape index (κ2) is 7.34. The summed E-state index contributed by atoms with van der Waals surface area (Å²) in [6, 6.07) is 9.64. The van der Waals surface area contributed by atoms with Gasteiger partial charge in [0.2, 0.25) is 0 Å². The molecule has 1 spiro atoms. The minimum Gasteiger partial charge on any atom is -0.387 e. The number of nitrogen functional groups attached to an aromatic ring is 2. The van der Waals surface area contributed by atoms with E-state index >= 15 is 0 Å². The van der Waals surface area contributed by atoms with Crippen LogP contribution in [-0.2, 0) is 4.74 Å². The Kier molecular flexibility index (Phi) is 4.61. The molecule has 7 N–H and O–H groups in total. The van der Waals surface area contributed by atoms with Gasteiger partial charge in [-0.15, -0.1) is 0 Å². The van der Waals surface area contributed by atoms with Crippen LogP contribution >= 0.6 is 15.9 Å². The average Bonchev–Trinajstić information content (AvgIpc) is 3.48. The van der Waals surface area contributed by atoms with E-state index in [1.807, 2.05) is 24.3 Å². The molecule has 4 aromatic rings. The molecule has 0 radical (unpaired) electrons. The molecule has 0 aliphatic carbocycles. The number of ether oxygens (including phenoxy) is 1. The molecular weight excluding hydrogens is 490 g/mol. The van der Waals surface area contributed by atoms with E-state index in [4.69, 9.17) is 16.2 Å². The molecule has 2 saturated heterocycles. The first kappa shape index (κ1) is 20.8. The van der Waals surface area contributed by atoms with Crippen molar-refractivity contribution < 1.29 is 14.9 Å². The Morgan fingerprint density at radius 2 is 2.00 bits per heavy atom. The Bertz CT molecular complexity index is 1400. The summed E-state index contributed by atoms with van der Waals surface area (Å²) >= 11 is 3.41. The molecule has 0 unspecified atom stereocenters. The lowest BCUT2D eigenvalue weighted by molar-refractivity contribution is -0.0912. The van der Waals surface area contributed by atoms with Gasteiger partial charge in [0.05, 0.1) is 15.4 Å². The Hall–Kier alpha value is -2.83. The highest BCUT2D eigenvalue weighted by Crippen LogP contribution is 2.46. The molecule has 6 rings (SSSR count). The van der Waals surface area contributed by atoms with Crippen LogP contribution in [0.1, 0.15) is 24.3 Å². The predicted octanol–water partition coefficient (Wildman–Crippen LogP) is 1.63. The summed E-state index contributed by atoms with van der Waals surface area (Å²) in [4.78, 5) is 12.8. The lowest BCUT2D eigenvalue weighted by Gasteiger charge is -2.26. The van der Waals surface area contributed by atoms with Crippen molar-refractivity contribution in [3.05, 3.63) is 52.9 Å². The number of hydrogen-bond donors (Lipinski definition) is 5. The van der Waals surface area contributed by atoms with Crippen LogP contribution in [0.5, 0.6) is 0 Å². The minimum atomic E-state index is -1.13. The lowest BCUT2D eigenvalue weighted by atomic mass is 9.90. The second-order valence-corrected chi connectivity index (χ2v) is 9.53. The zero-order valence-corrected chi connectivity index (χ0v) is 19.0. The summed E-state index contributed by atoms with van der Waals surface area (Å²) in [6.07, 6.45) is 0.577. The maximum atomic E-state index is 11.0. The summed E-state index contributed by atoms with van der Waals surface area (Å²) < 4.78 is 8.81. The number of pyridine rings is 1. The largest absolute Gasteiger partial charge is 0.387 e. The van der Waals surface area contributed by atoms with Crippen molar-refractivity contribution >= 4 is 49.5 Å². The molecule has 2 fully saturated rings. The molecule has 33 heavy (non-hydrogen) atoms. The van der Waals surface area contributed by atoms with E-state index in [1.165, 1.54) is 6.33 Å². The van der Waals surface area contributed by atoms with Crippen molar-refractivity contribution in [1.82, 2.24) is 24.8 Å². The van der Waals surface area contributed by atoms with Crippen LogP contribution in [0.15, 0.2) is 47.3 Å². The number of hydrogen-bond acceptors (Lipinski definition) is 9. The number of benzene rings is 1. The first-order valence-electron chi connectivity index (χ1n) is 10.6. The topological polar surface area (TPSA) is 157 Å². The van der Waals surface area contributed by atoms with E-state index in [-0.39, 0.29) is 6.04 Å². The number of nitrogens with two attached hydrogens (primary N) is 2. The Labute approximate surface area is 196 Å². The van der Waals surface area contributed by atoms with Gasteiger partial charge in [0, 0.05) is 24.2 Å². The quantitative estimate of drug-likeness (QED) is 0.269. The van der Waals surface area contributed by atoms with Crippen molar-refractivity contribution in [2.45, 2.75) is 36.5 Å². The first-order valence-corrected chi connectivity index (χ1v) is 11.4. The molecule has 170 valence electrons. The molecule has 10 nitrogen and oxygen atoms in total. The van der Waals surface area contributed by atoms with E-state index in [9.17, 15) is 10.2 Å². The van der Waals surface area contributed by atoms with Crippen molar-refractivity contribution in [1.29, 1.82) is 0 Å². The SMILES string of the molecule is Nc1nc2cc([C@@H]3C[C@@]4(CN3)O[C@@H](n3ccc5c(N)ncnc53)[C@H](O)[C@@H]4O)ccc2cc1Br. The summed E-state index contributed by atoms with van der Waals surface area (Å²) in [7, 11) is 0. The molecule has 11 heteroatoms. The molecule has 5 heterocycles. The van der Waals surface area contributed by atoms with Crippen LogP contribution in [0.2, 0.25) is 0 Å². The van der Waals surface area contributed by atoms with Crippen molar-refractivity contribution in [2.75, 3.05) is 18.0 Å². The predicted molar refractivity (Wildman–Crippen MR) is 126 cm³/mol. The van der Waals surface area contributed by atoms with Gasteiger partial charge in [-0.2, -0.15) is 0 Å². The third-order valence-corrected chi connectivity index (χ3v) is 7.38. The highest BCUT2D eigenvalue weighted by atomic mass is 79.9. The maximum absolute atomic E-state index is 11.0. The Morgan fingerprint density at radius 3 is 2.85 bits per heavy atom. The third-order valence-electron chi connectivity index (χ3n) is 6.75. The van der Waals surface area contributed by atoms with Crippen LogP contribution < -0.4 is 16.8 Å². The van der Waals surface area contributed by atoms with E-state index < -0.39 is 24.0 Å². The van der Waals surface area contributed by atoms with Gasteiger partial charge in [0.25, 0.3) is 0 Å². The van der Waals surface area contributed by atoms with Crippen LogP contribution in [0.3, 0.4) is 0 Å². The average molecular weight is 512 g/mol. The molecule has 5 atom stereocenters. The van der Waals surface area contributed by atoms with E-state index in [0.29, 0.717) is 35.6 Å². The Balaban J connectivity index is 1.30. The minimum absolute atomic E-state index is 0.0824. The molecule has 2 aliphatic rings. The van der Waals surface area contributed by atoms with Gasteiger partial charge in [0.15, 0.2) is 6.23 Å². The molecule has 0 bridgehead atoms. The molecule has 3 aromatic heterocycles. The van der Waals surface area contributed by atoms with E-state index in [0.717, 1.165) is 20.9 Å². The molecule has 1 aromatic carbocycles. The smallest absolute Gasteiger partial charge is 0.164 e. The van der Waals surface area contributed by atoms with Gasteiger partial charge in [0.1, 0.15) is 41.4 Å². The number of nitrogens with one attached hydrogen (secondary N) is 1. The summed E-state index contributed by atoms with van der Waals surface area (Å²) in [5.74, 6) is 0.779. The molecule has 2 aliphatic heterocycles. The number of nitrogens with zero attached hydrogens (tertiary/aromatic N) is 4. The van der Waals surface area contributed by atoms with Gasteiger partial charge in [-0.25, -0.2) is 15.0 Å². The highest BCUT2D eigenvalue weighted by molar-refractivity contribution is 9.10. The van der Waals surface area contributed by atoms with Gasteiger partial charge in [-0.1, -0.05) is 12.1 Å². The second-order valence-electron chi connectivity index (χ2n) is 8.67. The number of aliphatic hydroxyl groups is 2. The molecular formula is C22H22BrN7O3. The van der Waals surface area contributed by atoms with Crippen LogP contribution in [0.25, 0.3) is 21.9 Å². The number of fused-ring (bicyclic) bond motifs is 2. The van der Waals surface area contributed by atoms with E-state index in [2.05, 4.69) is 36.2 Å².